The van der Waals surface area contributed by atoms with E-state index in [4.69, 9.17) is 9.47 Å². The Kier molecular flexibility index (Phi) is 4.14. The van der Waals surface area contributed by atoms with Gasteiger partial charge in [-0.3, -0.25) is 0 Å². The molecule has 1 aliphatic heterocycles. The van der Waals surface area contributed by atoms with Gasteiger partial charge in [0.1, 0.15) is 12.2 Å². The van der Waals surface area contributed by atoms with Crippen molar-refractivity contribution >= 4 is 10.0 Å². The van der Waals surface area contributed by atoms with Gasteiger partial charge >= 0.3 is 0 Å². The molecule has 0 aromatic carbocycles. The van der Waals surface area contributed by atoms with Crippen LogP contribution in [-0.4, -0.2) is 54.9 Å². The topological polar surface area (TPSA) is 68.7 Å². The van der Waals surface area contributed by atoms with Crippen LogP contribution in [0.5, 0.6) is 5.88 Å². The quantitative estimate of drug-likeness (QED) is 0.831. The predicted molar refractivity (Wildman–Crippen MR) is 77.6 cm³/mol. The number of ether oxygens (including phenoxy) is 2. The third-order valence-corrected chi connectivity index (χ3v) is 6.01. The van der Waals surface area contributed by atoms with Crippen molar-refractivity contribution in [2.45, 2.75) is 38.0 Å². The Morgan fingerprint density at radius 3 is 3.00 bits per heavy atom. The van der Waals surface area contributed by atoms with Gasteiger partial charge in [-0.15, -0.1) is 0 Å². The van der Waals surface area contributed by atoms with Crippen LogP contribution in [0.1, 0.15) is 19.8 Å². The molecule has 2 fully saturated rings. The van der Waals surface area contributed by atoms with E-state index in [9.17, 15) is 8.42 Å². The molecule has 0 spiro atoms. The first-order valence-electron chi connectivity index (χ1n) is 7.30. The maximum Gasteiger partial charge on any atom is 0.214 e. The number of rotatable bonds is 4. The fourth-order valence-corrected chi connectivity index (χ4v) is 4.41. The summed E-state index contributed by atoms with van der Waals surface area (Å²) < 4.78 is 37.6. The number of sulfonamides is 1. The smallest absolute Gasteiger partial charge is 0.214 e. The van der Waals surface area contributed by atoms with Crippen molar-refractivity contribution in [3.63, 3.8) is 0 Å². The number of nitrogens with zero attached hydrogens (tertiary/aromatic N) is 2. The Bertz CT molecular complexity index is 578. The summed E-state index contributed by atoms with van der Waals surface area (Å²) >= 11 is 0. The van der Waals surface area contributed by atoms with Crippen molar-refractivity contribution < 1.29 is 17.9 Å². The molecule has 1 saturated heterocycles. The molecule has 0 amide bonds. The average molecular weight is 312 g/mol. The van der Waals surface area contributed by atoms with E-state index in [-0.39, 0.29) is 24.0 Å². The Labute approximate surface area is 125 Å². The second-order valence-corrected chi connectivity index (χ2v) is 7.53. The minimum atomic E-state index is -3.19. The van der Waals surface area contributed by atoms with Gasteiger partial charge in [-0.05, 0) is 25.8 Å². The molecule has 6 nitrogen and oxygen atoms in total. The van der Waals surface area contributed by atoms with Crippen LogP contribution in [0.25, 0.3) is 0 Å². The number of pyridine rings is 1. The molecule has 7 heteroatoms. The molecular weight excluding hydrogens is 292 g/mol. The maximum atomic E-state index is 12.2. The molecule has 0 bridgehead atoms. The lowest BCUT2D eigenvalue weighted by atomic mass is 10.1. The summed E-state index contributed by atoms with van der Waals surface area (Å²) in [5.74, 6) is 0.685. The Hall–Kier alpha value is -1.18. The molecule has 2 aliphatic rings. The van der Waals surface area contributed by atoms with Crippen molar-refractivity contribution in [3.8, 4) is 5.88 Å². The van der Waals surface area contributed by atoms with Gasteiger partial charge in [-0.25, -0.2) is 13.4 Å². The third-order valence-electron chi connectivity index (χ3n) is 4.12. The lowest BCUT2D eigenvalue weighted by Crippen LogP contribution is -2.54. The highest BCUT2D eigenvalue weighted by atomic mass is 32.2. The van der Waals surface area contributed by atoms with Crippen LogP contribution in [0.3, 0.4) is 0 Å². The summed E-state index contributed by atoms with van der Waals surface area (Å²) in [7, 11) is -3.19. The van der Waals surface area contributed by atoms with E-state index in [0.717, 1.165) is 12.8 Å². The van der Waals surface area contributed by atoms with Crippen molar-refractivity contribution in [2.75, 3.05) is 18.9 Å². The van der Waals surface area contributed by atoms with Crippen molar-refractivity contribution in [2.24, 2.45) is 0 Å². The fraction of sp³-hybridized carbons (Fsp3) is 0.643. The highest BCUT2D eigenvalue weighted by Crippen LogP contribution is 2.34. The van der Waals surface area contributed by atoms with Crippen molar-refractivity contribution in [3.05, 3.63) is 24.4 Å². The summed E-state index contributed by atoms with van der Waals surface area (Å²) in [6.07, 6.45) is 2.88. The van der Waals surface area contributed by atoms with Gasteiger partial charge in [-0.1, -0.05) is 6.07 Å². The predicted octanol–water partition coefficient (Wildman–Crippen LogP) is 1.04. The normalized spacial score (nSPS) is 30.0. The van der Waals surface area contributed by atoms with Gasteiger partial charge in [0.2, 0.25) is 15.9 Å². The van der Waals surface area contributed by atoms with E-state index >= 15 is 0 Å². The summed E-state index contributed by atoms with van der Waals surface area (Å²) in [6.45, 7) is 2.53. The van der Waals surface area contributed by atoms with Gasteiger partial charge in [0.05, 0.1) is 18.4 Å². The number of hydrogen-bond donors (Lipinski definition) is 0. The Balaban J connectivity index is 1.75. The molecule has 3 atom stereocenters. The SMILES string of the molecule is CCS(=O)(=O)N1CCO[C@H]2[C@H]1CC[C@H]2Oc1ccccn1. The van der Waals surface area contributed by atoms with Crippen LogP contribution in [-0.2, 0) is 14.8 Å². The lowest BCUT2D eigenvalue weighted by molar-refractivity contribution is -0.0668. The number of hydrogen-bond acceptors (Lipinski definition) is 5. The van der Waals surface area contributed by atoms with E-state index in [1.54, 1.807) is 23.5 Å². The van der Waals surface area contributed by atoms with Crippen LogP contribution in [0, 0.1) is 0 Å². The van der Waals surface area contributed by atoms with Gasteiger partial charge in [0.25, 0.3) is 0 Å². The van der Waals surface area contributed by atoms with Crippen molar-refractivity contribution in [1.82, 2.24) is 9.29 Å². The fourth-order valence-electron chi connectivity index (χ4n) is 3.09. The number of aromatic nitrogens is 1. The summed E-state index contributed by atoms with van der Waals surface area (Å²) in [6, 6.07) is 5.38. The minimum absolute atomic E-state index is 0.114. The van der Waals surface area contributed by atoms with E-state index < -0.39 is 10.0 Å². The van der Waals surface area contributed by atoms with E-state index in [1.807, 2.05) is 12.1 Å². The zero-order chi connectivity index (χ0) is 14.9. The van der Waals surface area contributed by atoms with E-state index in [2.05, 4.69) is 4.98 Å². The molecule has 0 radical (unpaired) electrons. The van der Waals surface area contributed by atoms with Crippen LogP contribution < -0.4 is 4.74 Å². The molecule has 0 N–H and O–H groups in total. The molecule has 1 aromatic rings. The molecule has 1 aliphatic carbocycles. The highest BCUT2D eigenvalue weighted by molar-refractivity contribution is 7.89. The van der Waals surface area contributed by atoms with Crippen LogP contribution >= 0.6 is 0 Å². The van der Waals surface area contributed by atoms with Crippen LogP contribution in [0.2, 0.25) is 0 Å². The molecule has 1 saturated carbocycles. The first kappa shape index (κ1) is 14.7. The van der Waals surface area contributed by atoms with Crippen molar-refractivity contribution in [1.29, 1.82) is 0 Å². The largest absolute Gasteiger partial charge is 0.472 e. The standard InChI is InChI=1S/C14H20N2O4S/c1-2-21(17,18)16-9-10-19-14-11(16)6-7-12(14)20-13-5-3-4-8-15-13/h3-5,8,11-12,14H,2,6-7,9-10H2,1H3/t11-,12-,14+/m1/s1. The molecule has 0 unspecified atom stereocenters. The van der Waals surface area contributed by atoms with Gasteiger partial charge in [0, 0.05) is 18.8 Å². The summed E-state index contributed by atoms with van der Waals surface area (Å²) in [5.41, 5.74) is 0. The van der Waals surface area contributed by atoms with Gasteiger partial charge < -0.3 is 9.47 Å². The first-order valence-corrected chi connectivity index (χ1v) is 8.91. The minimum Gasteiger partial charge on any atom is -0.472 e. The summed E-state index contributed by atoms with van der Waals surface area (Å²) in [4.78, 5) is 4.15. The van der Waals surface area contributed by atoms with Crippen LogP contribution in [0.15, 0.2) is 24.4 Å². The highest BCUT2D eigenvalue weighted by Gasteiger charge is 2.47. The van der Waals surface area contributed by atoms with E-state index in [1.165, 1.54) is 0 Å². The molecule has 116 valence electrons. The number of fused-ring (bicyclic) bond motifs is 1. The lowest BCUT2D eigenvalue weighted by Gasteiger charge is -2.37. The zero-order valence-electron chi connectivity index (χ0n) is 12.0. The second kappa shape index (κ2) is 5.90. The molecule has 21 heavy (non-hydrogen) atoms. The van der Waals surface area contributed by atoms with E-state index in [0.29, 0.717) is 19.0 Å². The molecule has 2 heterocycles. The number of morpholine rings is 1. The maximum absolute atomic E-state index is 12.2. The molecule has 1 aromatic heterocycles. The van der Waals surface area contributed by atoms with Crippen LogP contribution in [0.4, 0.5) is 0 Å². The van der Waals surface area contributed by atoms with Gasteiger partial charge in [0.15, 0.2) is 0 Å². The molecule has 3 rings (SSSR count). The second-order valence-electron chi connectivity index (χ2n) is 5.32. The third kappa shape index (κ3) is 2.90. The monoisotopic (exact) mass is 312 g/mol. The molecular formula is C14H20N2O4S. The van der Waals surface area contributed by atoms with Gasteiger partial charge in [-0.2, -0.15) is 4.31 Å². The zero-order valence-corrected chi connectivity index (χ0v) is 12.8. The Morgan fingerprint density at radius 2 is 2.29 bits per heavy atom. The first-order chi connectivity index (χ1) is 10.1. The Morgan fingerprint density at radius 1 is 1.43 bits per heavy atom. The summed E-state index contributed by atoms with van der Waals surface area (Å²) in [5, 5.41) is 0. The average Bonchev–Trinajstić information content (AvgIpc) is 2.91.